The largest absolute Gasteiger partial charge is 0.481 e. The van der Waals surface area contributed by atoms with Crippen molar-refractivity contribution < 1.29 is 9.90 Å². The molecule has 14 heavy (non-hydrogen) atoms. The molecule has 4 nitrogen and oxygen atoms in total. The highest BCUT2D eigenvalue weighted by Crippen LogP contribution is 2.24. The fourth-order valence-electron chi connectivity index (χ4n) is 1.95. The molecule has 0 saturated heterocycles. The van der Waals surface area contributed by atoms with Crippen LogP contribution in [0, 0.1) is 5.92 Å². The zero-order valence-electron chi connectivity index (χ0n) is 8.75. The lowest BCUT2D eigenvalue weighted by atomic mass is 9.86. The van der Waals surface area contributed by atoms with Gasteiger partial charge >= 0.3 is 5.97 Å². The third-order valence-electron chi connectivity index (χ3n) is 2.88. The molecule has 0 radical (unpaired) electrons. The monoisotopic (exact) mass is 200 g/mol. The summed E-state index contributed by atoms with van der Waals surface area (Å²) in [6.45, 7) is 1.94. The summed E-state index contributed by atoms with van der Waals surface area (Å²) in [4.78, 5) is 10.7. The summed E-state index contributed by atoms with van der Waals surface area (Å²) in [5.41, 5.74) is 0. The van der Waals surface area contributed by atoms with Gasteiger partial charge in [-0.1, -0.05) is 0 Å². The molecule has 0 bridgehead atoms. The lowest BCUT2D eigenvalue weighted by Gasteiger charge is -2.26. The smallest absolute Gasteiger partial charge is 0.306 e. The molecule has 0 aliphatic heterocycles. The van der Waals surface area contributed by atoms with Crippen LogP contribution in [-0.2, 0) is 4.79 Å². The molecule has 0 spiro atoms. The third kappa shape index (κ3) is 3.64. The van der Waals surface area contributed by atoms with Crippen molar-refractivity contribution >= 4 is 5.97 Å². The van der Waals surface area contributed by atoms with Crippen molar-refractivity contribution in [1.29, 1.82) is 0 Å². The van der Waals surface area contributed by atoms with Crippen molar-refractivity contribution in [2.45, 2.75) is 31.7 Å². The molecular weight excluding hydrogens is 180 g/mol. The van der Waals surface area contributed by atoms with E-state index in [9.17, 15) is 4.79 Å². The number of nitrogens with one attached hydrogen (secondary N) is 2. The average Bonchev–Trinajstić information content (AvgIpc) is 2.19. The van der Waals surface area contributed by atoms with Crippen LogP contribution in [0.3, 0.4) is 0 Å². The van der Waals surface area contributed by atoms with Gasteiger partial charge in [0.05, 0.1) is 5.92 Å². The molecule has 0 atom stereocenters. The van der Waals surface area contributed by atoms with E-state index in [-0.39, 0.29) is 5.92 Å². The predicted molar refractivity (Wildman–Crippen MR) is 55.3 cm³/mol. The molecule has 1 rings (SSSR count). The highest BCUT2D eigenvalue weighted by molar-refractivity contribution is 5.70. The topological polar surface area (TPSA) is 61.4 Å². The first-order chi connectivity index (χ1) is 6.74. The first-order valence-corrected chi connectivity index (χ1v) is 5.35. The first-order valence-electron chi connectivity index (χ1n) is 5.35. The van der Waals surface area contributed by atoms with E-state index in [0.717, 1.165) is 38.8 Å². The van der Waals surface area contributed by atoms with Gasteiger partial charge in [-0.05, 0) is 32.7 Å². The molecule has 1 fully saturated rings. The SMILES string of the molecule is CNCCN[C@H]1CC[C@H](C(=O)O)CC1. The minimum Gasteiger partial charge on any atom is -0.481 e. The van der Waals surface area contributed by atoms with Crippen LogP contribution in [0.4, 0.5) is 0 Å². The number of carbonyl (C=O) groups is 1. The minimum absolute atomic E-state index is 0.0997. The second-order valence-corrected chi connectivity index (χ2v) is 3.94. The molecule has 0 aromatic heterocycles. The lowest BCUT2D eigenvalue weighted by Crippen LogP contribution is -2.38. The van der Waals surface area contributed by atoms with Gasteiger partial charge in [0.15, 0.2) is 0 Å². The van der Waals surface area contributed by atoms with Gasteiger partial charge in [0.1, 0.15) is 0 Å². The van der Waals surface area contributed by atoms with Crippen molar-refractivity contribution in [1.82, 2.24) is 10.6 Å². The number of rotatable bonds is 5. The molecule has 82 valence electrons. The molecule has 1 saturated carbocycles. The van der Waals surface area contributed by atoms with Gasteiger partial charge in [-0.3, -0.25) is 4.79 Å². The van der Waals surface area contributed by atoms with E-state index in [1.54, 1.807) is 0 Å². The molecule has 0 aromatic carbocycles. The summed E-state index contributed by atoms with van der Waals surface area (Å²) < 4.78 is 0. The maximum absolute atomic E-state index is 10.7. The number of hydrogen-bond acceptors (Lipinski definition) is 3. The number of aliphatic carboxylic acids is 1. The standard InChI is InChI=1S/C10H20N2O2/c1-11-6-7-12-9-4-2-8(3-5-9)10(13)14/h8-9,11-12H,2-7H2,1H3,(H,13,14)/t8-,9-. The highest BCUT2D eigenvalue weighted by Gasteiger charge is 2.25. The van der Waals surface area contributed by atoms with Gasteiger partial charge in [0, 0.05) is 19.1 Å². The van der Waals surface area contributed by atoms with E-state index in [1.165, 1.54) is 0 Å². The summed E-state index contributed by atoms with van der Waals surface area (Å²) in [5.74, 6) is -0.726. The number of carboxylic acids is 1. The zero-order valence-corrected chi connectivity index (χ0v) is 8.75. The first kappa shape index (κ1) is 11.5. The summed E-state index contributed by atoms with van der Waals surface area (Å²) >= 11 is 0. The van der Waals surface area contributed by atoms with Crippen LogP contribution in [0.15, 0.2) is 0 Å². The number of likely N-dealkylation sites (N-methyl/N-ethyl adjacent to an activating group) is 1. The van der Waals surface area contributed by atoms with Crippen LogP contribution in [0.1, 0.15) is 25.7 Å². The van der Waals surface area contributed by atoms with Crippen LogP contribution in [0.25, 0.3) is 0 Å². The summed E-state index contributed by atoms with van der Waals surface area (Å²) in [6, 6.07) is 0.527. The van der Waals surface area contributed by atoms with Crippen LogP contribution in [-0.4, -0.2) is 37.3 Å². The summed E-state index contributed by atoms with van der Waals surface area (Å²) in [7, 11) is 1.93. The van der Waals surface area contributed by atoms with E-state index >= 15 is 0 Å². The number of hydrogen-bond donors (Lipinski definition) is 3. The molecule has 1 aliphatic carbocycles. The molecule has 0 heterocycles. The quantitative estimate of drug-likeness (QED) is 0.564. The summed E-state index contributed by atoms with van der Waals surface area (Å²) in [6.07, 6.45) is 3.65. The van der Waals surface area contributed by atoms with E-state index in [1.807, 2.05) is 7.05 Å². The molecule has 3 N–H and O–H groups in total. The maximum Gasteiger partial charge on any atom is 0.306 e. The van der Waals surface area contributed by atoms with Gasteiger partial charge < -0.3 is 15.7 Å². The fraction of sp³-hybridized carbons (Fsp3) is 0.900. The molecule has 0 aromatic rings. The maximum atomic E-state index is 10.7. The van der Waals surface area contributed by atoms with Gasteiger partial charge in [-0.25, -0.2) is 0 Å². The van der Waals surface area contributed by atoms with Crippen LogP contribution >= 0.6 is 0 Å². The van der Waals surface area contributed by atoms with Crippen LogP contribution < -0.4 is 10.6 Å². The molecule has 4 heteroatoms. The normalized spacial score (nSPS) is 27.5. The zero-order chi connectivity index (χ0) is 10.4. The Labute approximate surface area is 85.1 Å². The van der Waals surface area contributed by atoms with Crippen molar-refractivity contribution in [2.75, 3.05) is 20.1 Å². The van der Waals surface area contributed by atoms with Gasteiger partial charge in [0.25, 0.3) is 0 Å². The van der Waals surface area contributed by atoms with Crippen molar-refractivity contribution in [3.8, 4) is 0 Å². The van der Waals surface area contributed by atoms with Crippen molar-refractivity contribution in [2.24, 2.45) is 5.92 Å². The van der Waals surface area contributed by atoms with Crippen molar-refractivity contribution in [3.63, 3.8) is 0 Å². The van der Waals surface area contributed by atoms with Crippen molar-refractivity contribution in [3.05, 3.63) is 0 Å². The van der Waals surface area contributed by atoms with Crippen LogP contribution in [0.5, 0.6) is 0 Å². The molecular formula is C10H20N2O2. The number of carboxylic acid groups (broad SMARTS) is 1. The Morgan fingerprint density at radius 3 is 2.43 bits per heavy atom. The van der Waals surface area contributed by atoms with Crippen LogP contribution in [0.2, 0.25) is 0 Å². The van der Waals surface area contributed by atoms with E-state index in [0.29, 0.717) is 6.04 Å². The Balaban J connectivity index is 2.12. The van der Waals surface area contributed by atoms with E-state index in [4.69, 9.17) is 5.11 Å². The minimum atomic E-state index is -0.626. The molecule has 0 unspecified atom stereocenters. The Hall–Kier alpha value is -0.610. The van der Waals surface area contributed by atoms with Gasteiger partial charge in [-0.2, -0.15) is 0 Å². The second kappa shape index (κ2) is 5.98. The highest BCUT2D eigenvalue weighted by atomic mass is 16.4. The third-order valence-corrected chi connectivity index (χ3v) is 2.88. The molecule has 0 amide bonds. The lowest BCUT2D eigenvalue weighted by molar-refractivity contribution is -0.142. The Morgan fingerprint density at radius 1 is 1.29 bits per heavy atom. The van der Waals surface area contributed by atoms with Gasteiger partial charge in [0.2, 0.25) is 0 Å². The van der Waals surface area contributed by atoms with E-state index in [2.05, 4.69) is 10.6 Å². The summed E-state index contributed by atoms with van der Waals surface area (Å²) in [5, 5.41) is 15.3. The van der Waals surface area contributed by atoms with Gasteiger partial charge in [-0.15, -0.1) is 0 Å². The average molecular weight is 200 g/mol. The Kier molecular flexibility index (Phi) is 4.90. The molecule has 1 aliphatic rings. The second-order valence-electron chi connectivity index (χ2n) is 3.94. The fourth-order valence-corrected chi connectivity index (χ4v) is 1.95. The van der Waals surface area contributed by atoms with E-state index < -0.39 is 5.97 Å². The Bertz CT molecular complexity index is 177. The Morgan fingerprint density at radius 2 is 1.93 bits per heavy atom. The predicted octanol–water partition coefficient (Wildman–Crippen LogP) is 0.439.